The van der Waals surface area contributed by atoms with Gasteiger partial charge >= 0.3 is 0 Å². The molecule has 0 radical (unpaired) electrons. The number of nitrogens with one attached hydrogen (secondary N) is 1. The number of ether oxygens (including phenoxy) is 2. The lowest BCUT2D eigenvalue weighted by Gasteiger charge is -2.09. The molecule has 3 N–H and O–H groups in total. The van der Waals surface area contributed by atoms with E-state index in [4.69, 9.17) is 15.2 Å². The third-order valence-corrected chi connectivity index (χ3v) is 3.16. The van der Waals surface area contributed by atoms with Crippen LogP contribution in [0.25, 0.3) is 0 Å². The molecule has 5 heteroatoms. The first-order valence-corrected chi connectivity index (χ1v) is 6.56. The quantitative estimate of drug-likeness (QED) is 0.807. The fourth-order valence-corrected chi connectivity index (χ4v) is 2.04. The van der Waals surface area contributed by atoms with Crippen LogP contribution >= 0.6 is 0 Å². The van der Waals surface area contributed by atoms with Gasteiger partial charge in [0.1, 0.15) is 0 Å². The van der Waals surface area contributed by atoms with Crippen LogP contribution in [0.15, 0.2) is 12.1 Å². The first-order chi connectivity index (χ1) is 9.20. The highest BCUT2D eigenvalue weighted by Crippen LogP contribution is 2.34. The molecule has 5 nitrogen and oxygen atoms in total. The van der Waals surface area contributed by atoms with Gasteiger partial charge in [0, 0.05) is 13.0 Å². The van der Waals surface area contributed by atoms with Gasteiger partial charge in [-0.05, 0) is 49.6 Å². The van der Waals surface area contributed by atoms with Gasteiger partial charge in [-0.2, -0.15) is 0 Å². The molecule has 1 amide bonds. The summed E-state index contributed by atoms with van der Waals surface area (Å²) in [4.78, 5) is 11.5. The highest BCUT2D eigenvalue weighted by molar-refractivity contribution is 5.75. The minimum atomic E-state index is 0.0591. The molecule has 104 valence electrons. The summed E-state index contributed by atoms with van der Waals surface area (Å²) in [6.07, 6.45) is 2.02. The molecular weight excluding hydrogens is 244 g/mol. The van der Waals surface area contributed by atoms with E-state index >= 15 is 0 Å². The van der Waals surface area contributed by atoms with Gasteiger partial charge in [-0.15, -0.1) is 0 Å². The first-order valence-electron chi connectivity index (χ1n) is 6.56. The zero-order valence-corrected chi connectivity index (χ0v) is 11.2. The lowest BCUT2D eigenvalue weighted by Crippen LogP contribution is -2.26. The van der Waals surface area contributed by atoms with Crippen LogP contribution in [0.2, 0.25) is 0 Å². The number of benzene rings is 1. The van der Waals surface area contributed by atoms with Crippen molar-refractivity contribution in [3.8, 4) is 11.5 Å². The van der Waals surface area contributed by atoms with Crippen LogP contribution in [-0.2, 0) is 11.2 Å². The second kappa shape index (κ2) is 6.43. The number of rotatable bonds is 6. The molecule has 0 saturated carbocycles. The van der Waals surface area contributed by atoms with Crippen molar-refractivity contribution in [2.75, 3.05) is 19.9 Å². The summed E-state index contributed by atoms with van der Waals surface area (Å²) in [7, 11) is 0. The molecule has 1 aliphatic rings. The van der Waals surface area contributed by atoms with E-state index < -0.39 is 0 Å². The number of fused-ring (bicyclic) bond motifs is 1. The second-order valence-corrected chi connectivity index (χ2v) is 4.62. The van der Waals surface area contributed by atoms with Gasteiger partial charge in [0.05, 0.1) is 0 Å². The fraction of sp³-hybridized carbons (Fsp3) is 0.500. The smallest absolute Gasteiger partial charge is 0.231 e. The molecule has 0 atom stereocenters. The van der Waals surface area contributed by atoms with E-state index in [0.29, 0.717) is 19.5 Å². The van der Waals surface area contributed by atoms with Gasteiger partial charge < -0.3 is 20.5 Å². The molecule has 0 saturated heterocycles. The lowest BCUT2D eigenvalue weighted by atomic mass is 10.0. The molecule has 0 aliphatic carbocycles. The highest BCUT2D eigenvalue weighted by Gasteiger charge is 2.15. The lowest BCUT2D eigenvalue weighted by molar-refractivity contribution is -0.121. The number of aryl methyl sites for hydroxylation is 1. The van der Waals surface area contributed by atoms with Crippen LogP contribution in [0.5, 0.6) is 11.5 Å². The standard InChI is InChI=1S/C14H20N2O3/c1-10-7-12-13(19-9-18-12)8-11(10)4-6-16-14(17)3-2-5-15/h7-8H,2-6,9,15H2,1H3,(H,16,17). The molecule has 0 bridgehead atoms. The zero-order valence-electron chi connectivity index (χ0n) is 11.2. The Balaban J connectivity index is 1.85. The van der Waals surface area contributed by atoms with Crippen molar-refractivity contribution in [2.24, 2.45) is 5.73 Å². The van der Waals surface area contributed by atoms with Crippen molar-refractivity contribution in [2.45, 2.75) is 26.2 Å². The van der Waals surface area contributed by atoms with Gasteiger partial charge in [0.2, 0.25) is 12.7 Å². The third-order valence-electron chi connectivity index (χ3n) is 3.16. The third kappa shape index (κ3) is 3.61. The average molecular weight is 264 g/mol. The summed E-state index contributed by atoms with van der Waals surface area (Å²) in [6.45, 7) is 3.50. The van der Waals surface area contributed by atoms with Crippen molar-refractivity contribution in [1.82, 2.24) is 5.32 Å². The first kappa shape index (κ1) is 13.7. The van der Waals surface area contributed by atoms with Gasteiger partial charge in [-0.1, -0.05) is 0 Å². The summed E-state index contributed by atoms with van der Waals surface area (Å²) < 4.78 is 10.7. The van der Waals surface area contributed by atoms with Crippen molar-refractivity contribution >= 4 is 5.91 Å². The molecular formula is C14H20N2O3. The minimum absolute atomic E-state index is 0.0591. The van der Waals surface area contributed by atoms with Crippen molar-refractivity contribution in [1.29, 1.82) is 0 Å². The van der Waals surface area contributed by atoms with Crippen LogP contribution in [0.3, 0.4) is 0 Å². The molecule has 2 rings (SSSR count). The second-order valence-electron chi connectivity index (χ2n) is 4.62. The molecule has 1 aromatic carbocycles. The molecule has 1 heterocycles. The SMILES string of the molecule is Cc1cc2c(cc1CCNC(=O)CCCN)OCO2. The maximum absolute atomic E-state index is 11.5. The van der Waals surface area contributed by atoms with Crippen LogP contribution in [0.4, 0.5) is 0 Å². The normalized spacial score (nSPS) is 12.5. The van der Waals surface area contributed by atoms with Crippen LogP contribution in [0.1, 0.15) is 24.0 Å². The van der Waals surface area contributed by atoms with E-state index in [-0.39, 0.29) is 12.7 Å². The van der Waals surface area contributed by atoms with Crippen molar-refractivity contribution in [3.05, 3.63) is 23.3 Å². The Bertz CT molecular complexity index is 460. The summed E-state index contributed by atoms with van der Waals surface area (Å²) in [5, 5.41) is 2.89. The largest absolute Gasteiger partial charge is 0.454 e. The van der Waals surface area contributed by atoms with E-state index in [1.54, 1.807) is 0 Å². The number of amides is 1. The predicted octanol–water partition coefficient (Wildman–Crippen LogP) is 1.12. The van der Waals surface area contributed by atoms with Gasteiger partial charge in [-0.3, -0.25) is 4.79 Å². The summed E-state index contributed by atoms with van der Waals surface area (Å²) in [6, 6.07) is 3.97. The molecule has 0 fully saturated rings. The highest BCUT2D eigenvalue weighted by atomic mass is 16.7. The maximum Gasteiger partial charge on any atom is 0.231 e. The van der Waals surface area contributed by atoms with Gasteiger partial charge in [0.25, 0.3) is 0 Å². The monoisotopic (exact) mass is 264 g/mol. The molecule has 1 aromatic rings. The van der Waals surface area contributed by atoms with Crippen LogP contribution in [0, 0.1) is 6.92 Å². The predicted molar refractivity (Wildman–Crippen MR) is 72.3 cm³/mol. The summed E-state index contributed by atoms with van der Waals surface area (Å²) in [5.41, 5.74) is 7.69. The summed E-state index contributed by atoms with van der Waals surface area (Å²) in [5.74, 6) is 1.65. The maximum atomic E-state index is 11.5. The number of nitrogens with two attached hydrogens (primary N) is 1. The van der Waals surface area contributed by atoms with Crippen molar-refractivity contribution < 1.29 is 14.3 Å². The average Bonchev–Trinajstić information content (AvgIpc) is 2.83. The number of hydrogen-bond donors (Lipinski definition) is 2. The molecule has 19 heavy (non-hydrogen) atoms. The molecule has 0 unspecified atom stereocenters. The van der Waals surface area contributed by atoms with Crippen LogP contribution < -0.4 is 20.5 Å². The van der Waals surface area contributed by atoms with E-state index in [1.165, 1.54) is 5.56 Å². The summed E-state index contributed by atoms with van der Waals surface area (Å²) >= 11 is 0. The van der Waals surface area contributed by atoms with Gasteiger partial charge in [0.15, 0.2) is 11.5 Å². The Morgan fingerprint density at radius 2 is 2.11 bits per heavy atom. The van der Waals surface area contributed by atoms with E-state index in [9.17, 15) is 4.79 Å². The number of carbonyl (C=O) groups is 1. The Morgan fingerprint density at radius 3 is 2.84 bits per heavy atom. The Labute approximate surface area is 113 Å². The van der Waals surface area contributed by atoms with E-state index in [2.05, 4.69) is 5.32 Å². The molecule has 1 aliphatic heterocycles. The number of carbonyl (C=O) groups excluding carboxylic acids is 1. The molecule has 0 aromatic heterocycles. The van der Waals surface area contributed by atoms with E-state index in [1.807, 2.05) is 19.1 Å². The molecule has 0 spiro atoms. The van der Waals surface area contributed by atoms with Crippen LogP contribution in [-0.4, -0.2) is 25.8 Å². The minimum Gasteiger partial charge on any atom is -0.454 e. The van der Waals surface area contributed by atoms with E-state index in [0.717, 1.165) is 29.9 Å². The van der Waals surface area contributed by atoms with Gasteiger partial charge in [-0.25, -0.2) is 0 Å². The fourth-order valence-electron chi connectivity index (χ4n) is 2.04. The number of hydrogen-bond acceptors (Lipinski definition) is 4. The topological polar surface area (TPSA) is 73.6 Å². The Kier molecular flexibility index (Phi) is 4.63. The Hall–Kier alpha value is -1.75. The Morgan fingerprint density at radius 1 is 1.37 bits per heavy atom. The van der Waals surface area contributed by atoms with Crippen molar-refractivity contribution in [3.63, 3.8) is 0 Å². The zero-order chi connectivity index (χ0) is 13.7.